The molecule has 0 N–H and O–H groups in total. The lowest BCUT2D eigenvalue weighted by atomic mass is 10.0. The number of nitrogens with zero attached hydrogens (tertiary/aromatic N) is 2. The molecule has 0 spiro atoms. The molecule has 0 saturated carbocycles. The minimum absolute atomic E-state index is 1.09. The molecule has 14 rings (SSSR count). The van der Waals surface area contributed by atoms with E-state index in [1.54, 1.807) is 0 Å². The van der Waals surface area contributed by atoms with Gasteiger partial charge in [0.2, 0.25) is 0 Å². The molecule has 0 bridgehead atoms. The zero-order chi connectivity index (χ0) is 58.1. The molecule has 86 heavy (non-hydrogen) atoms. The highest BCUT2D eigenvalue weighted by Crippen LogP contribution is 2.46. The molecule has 2 nitrogen and oxygen atoms in total. The summed E-state index contributed by atoms with van der Waals surface area (Å²) in [6.45, 7) is 8.88. The molecule has 14 aromatic rings. The summed E-state index contributed by atoms with van der Waals surface area (Å²) in [5.41, 5.74) is 23.9. The van der Waals surface area contributed by atoms with Gasteiger partial charge in [-0.1, -0.05) is 194 Å². The van der Waals surface area contributed by atoms with Crippen molar-refractivity contribution >= 4 is 79.5 Å². The van der Waals surface area contributed by atoms with Crippen LogP contribution in [0.3, 0.4) is 0 Å². The Bertz CT molecular complexity index is 4040. The molecule has 414 valence electrons. The molecule has 0 aliphatic carbocycles. The lowest BCUT2D eigenvalue weighted by Crippen LogP contribution is -2.10. The van der Waals surface area contributed by atoms with Crippen LogP contribution in [0.1, 0.15) is 22.3 Å². The molecule has 0 unspecified atom stereocenters. The molecule has 10 aromatic carbocycles. The molecular weight excluding hydrogens is 1120 g/mol. The van der Waals surface area contributed by atoms with Crippen LogP contribution in [0, 0.1) is 27.7 Å². The highest BCUT2D eigenvalue weighted by Gasteiger charge is 2.20. The van der Waals surface area contributed by atoms with Gasteiger partial charge >= 0.3 is 0 Å². The van der Waals surface area contributed by atoms with Gasteiger partial charge in [-0.3, -0.25) is 0 Å². The van der Waals surface area contributed by atoms with E-state index in [1.807, 2.05) is 45.3 Å². The Morgan fingerprint density at radius 3 is 0.547 bits per heavy atom. The summed E-state index contributed by atoms with van der Waals surface area (Å²) in [6, 6.07) is 107. The van der Waals surface area contributed by atoms with Crippen molar-refractivity contribution in [3.8, 4) is 94.7 Å². The first-order valence-corrected chi connectivity index (χ1v) is 32.4. The van der Waals surface area contributed by atoms with Crippen LogP contribution in [0.5, 0.6) is 0 Å². The van der Waals surface area contributed by atoms with Crippen molar-refractivity contribution in [3.05, 3.63) is 313 Å². The molecule has 0 aliphatic rings. The first-order valence-electron chi connectivity index (χ1n) is 29.1. The van der Waals surface area contributed by atoms with Gasteiger partial charge < -0.3 is 9.80 Å². The average molecular weight is 1180 g/mol. The number of hydrogen-bond acceptors (Lipinski definition) is 6. The third-order valence-corrected chi connectivity index (χ3v) is 21.4. The summed E-state index contributed by atoms with van der Waals surface area (Å²) in [7, 11) is 0. The van der Waals surface area contributed by atoms with E-state index >= 15 is 0 Å². The maximum absolute atomic E-state index is 2.38. The highest BCUT2D eigenvalue weighted by molar-refractivity contribution is 7.20. The van der Waals surface area contributed by atoms with E-state index in [-0.39, 0.29) is 0 Å². The summed E-state index contributed by atoms with van der Waals surface area (Å²) >= 11 is 7.43. The number of thiophene rings is 4. The third kappa shape index (κ3) is 11.1. The molecule has 0 fully saturated rings. The highest BCUT2D eigenvalue weighted by atomic mass is 32.1. The van der Waals surface area contributed by atoms with Crippen LogP contribution in [0.25, 0.3) is 94.7 Å². The first kappa shape index (κ1) is 54.5. The van der Waals surface area contributed by atoms with E-state index in [4.69, 9.17) is 0 Å². The van der Waals surface area contributed by atoms with Crippen LogP contribution >= 0.6 is 45.3 Å². The van der Waals surface area contributed by atoms with Crippen molar-refractivity contribution in [3.63, 3.8) is 0 Å². The summed E-state index contributed by atoms with van der Waals surface area (Å²) in [5, 5.41) is 0. The standard InChI is InChI=1S/C80H60N2S4/c1-53-49-73(83-77(53)63-17-9-5-10-18-63)59-29-41-69(42-30-59)81(70-43-31-60(32-44-70)74-50-54(2)78(84-74)64-19-11-6-12-20-64)67-37-25-57(26-38-67)58-27-39-68(40-28-58)82(71-45-33-61(34-46-71)75-51-55(3)79(85-75)65-21-13-7-14-22-65)72-47-35-62(36-48-72)76-52-56(4)80(86-76)66-23-15-8-16-24-66/h5-52H,1-4H3. The second-order valence-electron chi connectivity index (χ2n) is 21.9. The quantitative estimate of drug-likeness (QED) is 0.101. The van der Waals surface area contributed by atoms with Gasteiger partial charge in [0.05, 0.1) is 0 Å². The number of hydrogen-bond donors (Lipinski definition) is 0. The van der Waals surface area contributed by atoms with Crippen molar-refractivity contribution < 1.29 is 0 Å². The summed E-state index contributed by atoms with van der Waals surface area (Å²) < 4.78 is 0. The van der Waals surface area contributed by atoms with Crippen LogP contribution in [0.2, 0.25) is 0 Å². The van der Waals surface area contributed by atoms with Crippen LogP contribution in [-0.2, 0) is 0 Å². The number of benzene rings is 10. The Morgan fingerprint density at radius 2 is 0.360 bits per heavy atom. The number of aryl methyl sites for hydroxylation is 4. The van der Waals surface area contributed by atoms with Gasteiger partial charge in [-0.25, -0.2) is 0 Å². The van der Waals surface area contributed by atoms with Gasteiger partial charge in [0.15, 0.2) is 0 Å². The normalized spacial score (nSPS) is 11.3. The molecule has 0 radical (unpaired) electrons. The van der Waals surface area contributed by atoms with Crippen molar-refractivity contribution in [1.82, 2.24) is 0 Å². The smallest absolute Gasteiger partial charge is 0.0462 e. The van der Waals surface area contributed by atoms with Crippen molar-refractivity contribution in [1.29, 1.82) is 0 Å². The fourth-order valence-electron chi connectivity index (χ4n) is 11.6. The molecule has 6 heteroatoms. The van der Waals surface area contributed by atoms with Gasteiger partial charge in [0.1, 0.15) is 0 Å². The molecule has 4 aromatic heterocycles. The van der Waals surface area contributed by atoms with Crippen LogP contribution < -0.4 is 9.80 Å². The fraction of sp³-hybridized carbons (Fsp3) is 0.0500. The Morgan fingerprint density at radius 1 is 0.186 bits per heavy atom. The second kappa shape index (κ2) is 23.9. The third-order valence-electron chi connectivity index (χ3n) is 16.0. The molecule has 0 amide bonds. The number of anilines is 6. The van der Waals surface area contributed by atoms with E-state index in [1.165, 1.54) is 106 Å². The second-order valence-corrected chi connectivity index (χ2v) is 26.1. The maximum atomic E-state index is 2.38. The van der Waals surface area contributed by atoms with E-state index < -0.39 is 0 Å². The van der Waals surface area contributed by atoms with Crippen LogP contribution in [0.15, 0.2) is 291 Å². The molecule has 0 atom stereocenters. The van der Waals surface area contributed by atoms with Crippen molar-refractivity contribution in [2.45, 2.75) is 27.7 Å². The van der Waals surface area contributed by atoms with Gasteiger partial charge in [-0.05, 0) is 203 Å². The molecule has 4 heterocycles. The molecule has 0 aliphatic heterocycles. The predicted molar refractivity (Wildman–Crippen MR) is 375 cm³/mol. The minimum Gasteiger partial charge on any atom is -0.311 e. The van der Waals surface area contributed by atoms with Crippen LogP contribution in [-0.4, -0.2) is 0 Å². The van der Waals surface area contributed by atoms with Crippen molar-refractivity contribution in [2.75, 3.05) is 9.80 Å². The lowest BCUT2D eigenvalue weighted by molar-refractivity contribution is 1.28. The largest absolute Gasteiger partial charge is 0.311 e. The van der Waals surface area contributed by atoms with E-state index in [0.717, 1.165) is 45.3 Å². The Labute approximate surface area is 521 Å². The maximum Gasteiger partial charge on any atom is 0.0462 e. The van der Waals surface area contributed by atoms with E-state index in [9.17, 15) is 0 Å². The molecular formula is C80H60N2S4. The zero-order valence-electron chi connectivity index (χ0n) is 48.2. The summed E-state index contributed by atoms with van der Waals surface area (Å²) in [4.78, 5) is 15.1. The van der Waals surface area contributed by atoms with E-state index in [0.29, 0.717) is 0 Å². The van der Waals surface area contributed by atoms with Crippen molar-refractivity contribution in [2.24, 2.45) is 0 Å². The Hall–Kier alpha value is -9.40. The van der Waals surface area contributed by atoms with Gasteiger partial charge in [0, 0.05) is 73.1 Å². The summed E-state index contributed by atoms with van der Waals surface area (Å²) in [5.74, 6) is 0. The van der Waals surface area contributed by atoms with Gasteiger partial charge in [-0.2, -0.15) is 0 Å². The lowest BCUT2D eigenvalue weighted by Gasteiger charge is -2.26. The van der Waals surface area contributed by atoms with Gasteiger partial charge in [0.25, 0.3) is 0 Å². The van der Waals surface area contributed by atoms with Crippen LogP contribution in [0.4, 0.5) is 34.1 Å². The topological polar surface area (TPSA) is 6.48 Å². The minimum atomic E-state index is 1.09. The summed E-state index contributed by atoms with van der Waals surface area (Å²) in [6.07, 6.45) is 0. The van der Waals surface area contributed by atoms with E-state index in [2.05, 4.69) is 329 Å². The fourth-order valence-corrected chi connectivity index (χ4v) is 16.3. The Balaban J connectivity index is 0.777. The monoisotopic (exact) mass is 1180 g/mol. The number of rotatable bonds is 15. The predicted octanol–water partition coefficient (Wildman–Crippen LogP) is 25.1. The van der Waals surface area contributed by atoms with Gasteiger partial charge in [-0.15, -0.1) is 45.3 Å². The Kier molecular flexibility index (Phi) is 15.2. The SMILES string of the molecule is Cc1cc(-c2ccc(N(c3ccc(-c4ccc(N(c5ccc(-c6cc(C)c(-c7ccccc7)s6)cc5)c5ccc(-c6cc(C)c(-c7ccccc7)s6)cc5)cc4)cc3)c3ccc(-c4cc(C)c(-c5ccccc5)s4)cc3)cc2)sc1-c1ccccc1. The first-order chi connectivity index (χ1) is 42.2. The zero-order valence-corrected chi connectivity index (χ0v) is 51.5. The molecule has 0 saturated heterocycles. The average Bonchev–Trinajstić information content (AvgIpc) is 3.37.